The summed E-state index contributed by atoms with van der Waals surface area (Å²) in [5.74, 6) is -0.751. The van der Waals surface area contributed by atoms with Gasteiger partial charge in [0.1, 0.15) is 5.82 Å². The van der Waals surface area contributed by atoms with Crippen LogP contribution in [0.5, 0.6) is 0 Å². The largest absolute Gasteiger partial charge is 0.469 e. The second-order valence-corrected chi connectivity index (χ2v) is 3.05. The quantitative estimate of drug-likeness (QED) is 0.576. The van der Waals surface area contributed by atoms with E-state index in [0.717, 1.165) is 0 Å². The van der Waals surface area contributed by atoms with Gasteiger partial charge < -0.3 is 10.5 Å². The maximum Gasteiger partial charge on any atom is 0.310 e. The molecule has 76 valence electrons. The summed E-state index contributed by atoms with van der Waals surface area (Å²) < 4.78 is 17.5. The smallest absolute Gasteiger partial charge is 0.310 e. The molecule has 0 unspecified atom stereocenters. The monoisotopic (exact) mass is 197 g/mol. The molecule has 0 saturated heterocycles. The summed E-state index contributed by atoms with van der Waals surface area (Å²) in [7, 11) is 1.30. The SMILES string of the molecule is COC(=O)Cc1cc(C)c(F)cc1N. The number of hydrogen-bond donors (Lipinski definition) is 1. The molecule has 0 aromatic heterocycles. The van der Waals surface area contributed by atoms with E-state index in [9.17, 15) is 9.18 Å². The molecule has 0 atom stereocenters. The van der Waals surface area contributed by atoms with Crippen LogP contribution in [0.15, 0.2) is 12.1 Å². The molecule has 1 aromatic rings. The number of carbonyl (C=O) groups excluding carboxylic acids is 1. The molecule has 3 nitrogen and oxygen atoms in total. The molecule has 0 saturated carbocycles. The lowest BCUT2D eigenvalue weighted by molar-refractivity contribution is -0.139. The second-order valence-electron chi connectivity index (χ2n) is 3.05. The third-order valence-corrected chi connectivity index (χ3v) is 1.98. The van der Waals surface area contributed by atoms with Crippen LogP contribution in [0.1, 0.15) is 11.1 Å². The molecule has 4 heteroatoms. The molecular formula is C10H12FNO2. The van der Waals surface area contributed by atoms with Crippen LogP contribution in [-0.4, -0.2) is 13.1 Å². The highest BCUT2D eigenvalue weighted by atomic mass is 19.1. The molecule has 0 heterocycles. The summed E-state index contributed by atoms with van der Waals surface area (Å²) in [6.45, 7) is 1.62. The average molecular weight is 197 g/mol. The number of methoxy groups -OCH3 is 1. The lowest BCUT2D eigenvalue weighted by Crippen LogP contribution is -2.07. The average Bonchev–Trinajstić information content (AvgIpc) is 2.14. The first-order valence-corrected chi connectivity index (χ1v) is 4.16. The number of benzene rings is 1. The molecule has 2 N–H and O–H groups in total. The summed E-state index contributed by atoms with van der Waals surface area (Å²) >= 11 is 0. The molecule has 0 amide bonds. The van der Waals surface area contributed by atoms with Gasteiger partial charge in [0, 0.05) is 5.69 Å². The topological polar surface area (TPSA) is 52.3 Å². The number of ether oxygens (including phenoxy) is 1. The van der Waals surface area contributed by atoms with E-state index in [1.807, 2.05) is 0 Å². The molecule has 0 bridgehead atoms. The van der Waals surface area contributed by atoms with Gasteiger partial charge in [0.05, 0.1) is 13.5 Å². The first-order valence-electron chi connectivity index (χ1n) is 4.16. The fraction of sp³-hybridized carbons (Fsp3) is 0.300. The predicted molar refractivity (Wildman–Crippen MR) is 51.3 cm³/mol. The third kappa shape index (κ3) is 2.22. The summed E-state index contributed by atoms with van der Waals surface area (Å²) in [5, 5.41) is 0. The Hall–Kier alpha value is -1.58. The minimum atomic E-state index is -0.386. The molecule has 1 rings (SSSR count). The van der Waals surface area contributed by atoms with Crippen LogP contribution >= 0.6 is 0 Å². The number of carbonyl (C=O) groups is 1. The fourth-order valence-corrected chi connectivity index (χ4v) is 1.14. The standard InChI is InChI=1S/C10H12FNO2/c1-6-3-7(4-10(13)14-2)9(12)5-8(6)11/h3,5H,4,12H2,1-2H3. The van der Waals surface area contributed by atoms with Gasteiger partial charge in [-0.25, -0.2) is 4.39 Å². The van der Waals surface area contributed by atoms with E-state index < -0.39 is 0 Å². The van der Waals surface area contributed by atoms with Crippen LogP contribution in [0, 0.1) is 12.7 Å². The van der Waals surface area contributed by atoms with Crippen molar-refractivity contribution in [1.82, 2.24) is 0 Å². The number of nitrogens with two attached hydrogens (primary N) is 1. The zero-order valence-electron chi connectivity index (χ0n) is 8.13. The number of esters is 1. The van der Waals surface area contributed by atoms with Crippen LogP contribution in [0.25, 0.3) is 0 Å². The molecule has 0 aliphatic rings. The molecule has 1 aromatic carbocycles. The Kier molecular flexibility index (Phi) is 3.06. The Balaban J connectivity index is 2.98. The van der Waals surface area contributed by atoms with E-state index in [-0.39, 0.29) is 23.9 Å². The van der Waals surface area contributed by atoms with Crippen LogP contribution in [-0.2, 0) is 16.0 Å². The molecule has 0 fully saturated rings. The summed E-state index contributed by atoms with van der Waals surface area (Å²) in [5.41, 5.74) is 6.89. The van der Waals surface area contributed by atoms with Crippen molar-refractivity contribution in [3.8, 4) is 0 Å². The first-order chi connectivity index (χ1) is 6.54. The van der Waals surface area contributed by atoms with Crippen molar-refractivity contribution in [1.29, 1.82) is 0 Å². The number of nitrogen functional groups attached to an aromatic ring is 1. The van der Waals surface area contributed by atoms with E-state index in [2.05, 4.69) is 4.74 Å². The lowest BCUT2D eigenvalue weighted by Gasteiger charge is -2.06. The van der Waals surface area contributed by atoms with E-state index in [1.165, 1.54) is 13.2 Å². The van der Waals surface area contributed by atoms with E-state index >= 15 is 0 Å². The molecule has 0 aliphatic carbocycles. The maximum absolute atomic E-state index is 13.0. The minimum Gasteiger partial charge on any atom is -0.469 e. The summed E-state index contributed by atoms with van der Waals surface area (Å²) in [6.07, 6.45) is 0.0729. The van der Waals surface area contributed by atoms with Gasteiger partial charge in [-0.15, -0.1) is 0 Å². The van der Waals surface area contributed by atoms with Gasteiger partial charge in [-0.3, -0.25) is 4.79 Å². The van der Waals surface area contributed by atoms with Gasteiger partial charge >= 0.3 is 5.97 Å². The van der Waals surface area contributed by atoms with Gasteiger partial charge in [0.25, 0.3) is 0 Å². The minimum absolute atomic E-state index is 0.0729. The maximum atomic E-state index is 13.0. The number of anilines is 1. The van der Waals surface area contributed by atoms with Gasteiger partial charge in [0.15, 0.2) is 0 Å². The van der Waals surface area contributed by atoms with Crippen LogP contribution in [0.3, 0.4) is 0 Å². The van der Waals surface area contributed by atoms with E-state index in [0.29, 0.717) is 11.1 Å². The normalized spacial score (nSPS) is 9.93. The molecule has 0 radical (unpaired) electrons. The first kappa shape index (κ1) is 10.5. The van der Waals surface area contributed by atoms with E-state index in [1.54, 1.807) is 13.0 Å². The highest BCUT2D eigenvalue weighted by molar-refractivity contribution is 5.74. The van der Waals surface area contributed by atoms with Crippen LogP contribution in [0.2, 0.25) is 0 Å². The molecule has 0 spiro atoms. The molecule has 0 aliphatic heterocycles. The van der Waals surface area contributed by atoms with Crippen molar-refractivity contribution in [3.63, 3.8) is 0 Å². The Bertz CT molecular complexity index is 363. The van der Waals surface area contributed by atoms with Crippen LogP contribution in [0.4, 0.5) is 10.1 Å². The number of aryl methyl sites for hydroxylation is 1. The third-order valence-electron chi connectivity index (χ3n) is 1.98. The second kappa shape index (κ2) is 4.09. The highest BCUT2D eigenvalue weighted by Gasteiger charge is 2.09. The van der Waals surface area contributed by atoms with Crippen molar-refractivity contribution >= 4 is 11.7 Å². The molecule has 14 heavy (non-hydrogen) atoms. The number of hydrogen-bond acceptors (Lipinski definition) is 3. The van der Waals surface area contributed by atoms with Crippen molar-refractivity contribution in [2.45, 2.75) is 13.3 Å². The summed E-state index contributed by atoms with van der Waals surface area (Å²) in [4.78, 5) is 11.0. The van der Waals surface area contributed by atoms with Crippen molar-refractivity contribution in [3.05, 3.63) is 29.1 Å². The van der Waals surface area contributed by atoms with Gasteiger partial charge in [-0.05, 0) is 24.1 Å². The number of halogens is 1. The van der Waals surface area contributed by atoms with Crippen molar-refractivity contribution in [2.24, 2.45) is 0 Å². The fourth-order valence-electron chi connectivity index (χ4n) is 1.14. The van der Waals surface area contributed by atoms with Gasteiger partial charge in [-0.1, -0.05) is 6.07 Å². The summed E-state index contributed by atoms with van der Waals surface area (Å²) in [6, 6.07) is 2.77. The predicted octanol–water partition coefficient (Wildman–Crippen LogP) is 1.43. The zero-order chi connectivity index (χ0) is 10.7. The van der Waals surface area contributed by atoms with Gasteiger partial charge in [-0.2, -0.15) is 0 Å². The molecular weight excluding hydrogens is 185 g/mol. The Morgan fingerprint density at radius 2 is 2.21 bits per heavy atom. The van der Waals surface area contributed by atoms with Gasteiger partial charge in [0.2, 0.25) is 0 Å². The Morgan fingerprint density at radius 3 is 2.79 bits per heavy atom. The zero-order valence-corrected chi connectivity index (χ0v) is 8.13. The van der Waals surface area contributed by atoms with Crippen molar-refractivity contribution < 1.29 is 13.9 Å². The van der Waals surface area contributed by atoms with Crippen LogP contribution < -0.4 is 5.73 Å². The van der Waals surface area contributed by atoms with E-state index in [4.69, 9.17) is 5.73 Å². The number of rotatable bonds is 2. The highest BCUT2D eigenvalue weighted by Crippen LogP contribution is 2.18. The lowest BCUT2D eigenvalue weighted by atomic mass is 10.1. The Morgan fingerprint density at radius 1 is 1.57 bits per heavy atom. The Labute approximate surface area is 81.7 Å². The van der Waals surface area contributed by atoms with Crippen molar-refractivity contribution in [2.75, 3.05) is 12.8 Å².